The van der Waals surface area contributed by atoms with Crippen molar-refractivity contribution in [2.45, 2.75) is 52.4 Å². The smallest absolute Gasteiger partial charge is 0.344 e. The Kier molecular flexibility index (Phi) is 5.35. The normalized spacial score (nSPS) is 30.1. The molecular formula is C23H31NO4. The van der Waals surface area contributed by atoms with Gasteiger partial charge in [0.25, 0.3) is 5.91 Å². The van der Waals surface area contributed by atoms with Crippen LogP contribution in [0.5, 0.6) is 5.75 Å². The van der Waals surface area contributed by atoms with Crippen LogP contribution in [0.3, 0.4) is 0 Å². The standard InChI is InChI=1S/C23H31NO4/c1-15-3-4-20(5-16(15)2)27-13-22(26)28-12-21(25)24-14-23-9-17-6-18(10-23)8-19(7-17)11-23/h3-5,17-19H,6-14H2,1-2H3,(H,24,25). The van der Waals surface area contributed by atoms with Crippen LogP contribution in [0.2, 0.25) is 0 Å². The van der Waals surface area contributed by atoms with Crippen molar-refractivity contribution in [1.82, 2.24) is 5.32 Å². The number of rotatable bonds is 7. The zero-order valence-electron chi connectivity index (χ0n) is 17.0. The highest BCUT2D eigenvalue weighted by Gasteiger charge is 2.50. The molecule has 4 bridgehead atoms. The highest BCUT2D eigenvalue weighted by atomic mass is 16.6. The van der Waals surface area contributed by atoms with E-state index >= 15 is 0 Å². The van der Waals surface area contributed by atoms with Gasteiger partial charge in [0, 0.05) is 6.54 Å². The Bertz CT molecular complexity index is 722. The van der Waals surface area contributed by atoms with Crippen molar-refractivity contribution in [1.29, 1.82) is 0 Å². The van der Waals surface area contributed by atoms with E-state index in [0.717, 1.165) is 29.9 Å². The lowest BCUT2D eigenvalue weighted by Gasteiger charge is -2.56. The molecule has 4 fully saturated rings. The molecule has 4 saturated carbocycles. The van der Waals surface area contributed by atoms with Crippen molar-refractivity contribution < 1.29 is 19.1 Å². The predicted octanol–water partition coefficient (Wildman–Crippen LogP) is 3.56. The predicted molar refractivity (Wildman–Crippen MR) is 106 cm³/mol. The molecule has 1 aromatic rings. The number of hydrogen-bond acceptors (Lipinski definition) is 4. The van der Waals surface area contributed by atoms with Crippen molar-refractivity contribution in [3.63, 3.8) is 0 Å². The topological polar surface area (TPSA) is 64.6 Å². The van der Waals surface area contributed by atoms with E-state index in [1.54, 1.807) is 0 Å². The van der Waals surface area contributed by atoms with Crippen molar-refractivity contribution in [2.24, 2.45) is 23.2 Å². The number of carbonyl (C=O) groups excluding carboxylic acids is 2. The van der Waals surface area contributed by atoms with Gasteiger partial charge in [-0.15, -0.1) is 0 Å². The molecule has 0 spiro atoms. The summed E-state index contributed by atoms with van der Waals surface area (Å²) in [6, 6.07) is 5.67. The number of ether oxygens (including phenoxy) is 2. The molecule has 0 unspecified atom stereocenters. The first kappa shape index (κ1) is 19.3. The number of amides is 1. The van der Waals surface area contributed by atoms with Gasteiger partial charge in [-0.2, -0.15) is 0 Å². The molecule has 5 rings (SSSR count). The highest BCUT2D eigenvalue weighted by Crippen LogP contribution is 2.59. The van der Waals surface area contributed by atoms with E-state index in [1.807, 2.05) is 32.0 Å². The largest absolute Gasteiger partial charge is 0.482 e. The van der Waals surface area contributed by atoms with E-state index in [1.165, 1.54) is 44.1 Å². The number of carbonyl (C=O) groups is 2. The number of benzene rings is 1. The molecule has 1 aromatic carbocycles. The third-order valence-electron chi connectivity index (χ3n) is 7.02. The molecule has 5 heteroatoms. The van der Waals surface area contributed by atoms with E-state index in [2.05, 4.69) is 5.32 Å². The van der Waals surface area contributed by atoms with E-state index in [9.17, 15) is 9.59 Å². The van der Waals surface area contributed by atoms with Crippen molar-refractivity contribution in [2.75, 3.05) is 19.8 Å². The summed E-state index contributed by atoms with van der Waals surface area (Å²) in [5, 5.41) is 3.03. The average Bonchev–Trinajstić information content (AvgIpc) is 2.64. The first-order valence-corrected chi connectivity index (χ1v) is 10.5. The fraction of sp³-hybridized carbons (Fsp3) is 0.652. The van der Waals surface area contributed by atoms with Crippen molar-refractivity contribution >= 4 is 11.9 Å². The van der Waals surface area contributed by atoms with Gasteiger partial charge in [-0.1, -0.05) is 6.07 Å². The summed E-state index contributed by atoms with van der Waals surface area (Å²) in [6.07, 6.45) is 7.94. The molecule has 4 aliphatic rings. The lowest BCUT2D eigenvalue weighted by atomic mass is 9.49. The molecule has 0 saturated heterocycles. The van der Waals surface area contributed by atoms with Crippen LogP contribution in [0, 0.1) is 37.0 Å². The molecule has 5 nitrogen and oxygen atoms in total. The van der Waals surface area contributed by atoms with Gasteiger partial charge in [0.15, 0.2) is 13.2 Å². The summed E-state index contributed by atoms with van der Waals surface area (Å²) in [7, 11) is 0. The maximum absolute atomic E-state index is 12.2. The summed E-state index contributed by atoms with van der Waals surface area (Å²) in [4.78, 5) is 24.0. The monoisotopic (exact) mass is 385 g/mol. The summed E-state index contributed by atoms with van der Waals surface area (Å²) < 4.78 is 10.5. The number of hydrogen-bond donors (Lipinski definition) is 1. The van der Waals surface area contributed by atoms with Gasteiger partial charge in [0.2, 0.25) is 0 Å². The third-order valence-corrected chi connectivity index (χ3v) is 7.02. The van der Waals surface area contributed by atoms with Gasteiger partial charge in [-0.05, 0) is 98.8 Å². The molecule has 4 aliphatic carbocycles. The Morgan fingerprint density at radius 2 is 1.64 bits per heavy atom. The van der Waals surface area contributed by atoms with E-state index < -0.39 is 5.97 Å². The molecular weight excluding hydrogens is 354 g/mol. The third kappa shape index (κ3) is 4.34. The second-order valence-electron chi connectivity index (χ2n) is 9.39. The van der Waals surface area contributed by atoms with Gasteiger partial charge >= 0.3 is 5.97 Å². The average molecular weight is 386 g/mol. The zero-order chi connectivity index (χ0) is 19.7. The van der Waals surface area contributed by atoms with Gasteiger partial charge in [0.05, 0.1) is 0 Å². The Balaban J connectivity index is 1.17. The van der Waals surface area contributed by atoms with Crippen LogP contribution < -0.4 is 10.1 Å². The highest BCUT2D eigenvalue weighted by molar-refractivity contribution is 5.80. The summed E-state index contributed by atoms with van der Waals surface area (Å²) in [6.45, 7) is 4.32. The first-order valence-electron chi connectivity index (χ1n) is 10.5. The molecule has 1 amide bonds. The van der Waals surface area contributed by atoms with Gasteiger partial charge < -0.3 is 14.8 Å². The maximum Gasteiger partial charge on any atom is 0.344 e. The number of nitrogens with one attached hydrogen (secondary N) is 1. The zero-order valence-corrected chi connectivity index (χ0v) is 17.0. The Morgan fingerprint density at radius 1 is 1.00 bits per heavy atom. The van der Waals surface area contributed by atoms with E-state index in [-0.39, 0.29) is 19.1 Å². The second-order valence-corrected chi connectivity index (χ2v) is 9.39. The van der Waals surface area contributed by atoms with Crippen molar-refractivity contribution in [3.05, 3.63) is 29.3 Å². The van der Waals surface area contributed by atoms with Gasteiger partial charge in [-0.3, -0.25) is 4.79 Å². The summed E-state index contributed by atoms with van der Waals surface area (Å²) >= 11 is 0. The van der Waals surface area contributed by atoms with Gasteiger partial charge in [0.1, 0.15) is 5.75 Å². The molecule has 0 radical (unpaired) electrons. The minimum absolute atomic E-state index is 0.190. The molecule has 0 heterocycles. The van der Waals surface area contributed by atoms with Crippen LogP contribution in [0.1, 0.15) is 49.7 Å². The van der Waals surface area contributed by atoms with Crippen LogP contribution in [-0.2, 0) is 14.3 Å². The molecule has 1 N–H and O–H groups in total. The quantitative estimate of drug-likeness (QED) is 0.729. The Hall–Kier alpha value is -2.04. The molecule has 28 heavy (non-hydrogen) atoms. The Labute approximate surface area is 167 Å². The minimum Gasteiger partial charge on any atom is -0.482 e. The van der Waals surface area contributed by atoms with Crippen LogP contribution in [0.15, 0.2) is 18.2 Å². The minimum atomic E-state index is -0.525. The number of esters is 1. The number of aryl methyl sites for hydroxylation is 2. The second kappa shape index (κ2) is 7.76. The lowest BCUT2D eigenvalue weighted by Crippen LogP contribution is -2.51. The van der Waals surface area contributed by atoms with E-state index in [4.69, 9.17) is 9.47 Å². The van der Waals surface area contributed by atoms with Crippen LogP contribution in [-0.4, -0.2) is 31.6 Å². The van der Waals surface area contributed by atoms with E-state index in [0.29, 0.717) is 11.2 Å². The van der Waals surface area contributed by atoms with Crippen LogP contribution in [0.4, 0.5) is 0 Å². The van der Waals surface area contributed by atoms with Crippen molar-refractivity contribution in [3.8, 4) is 5.75 Å². The molecule has 152 valence electrons. The fourth-order valence-electron chi connectivity index (χ4n) is 5.98. The Morgan fingerprint density at radius 3 is 2.25 bits per heavy atom. The maximum atomic E-state index is 12.2. The van der Waals surface area contributed by atoms with Crippen LogP contribution in [0.25, 0.3) is 0 Å². The molecule has 0 aliphatic heterocycles. The summed E-state index contributed by atoms with van der Waals surface area (Å²) in [5.41, 5.74) is 2.57. The van der Waals surface area contributed by atoms with Crippen LogP contribution >= 0.6 is 0 Å². The lowest BCUT2D eigenvalue weighted by molar-refractivity contribution is -0.150. The van der Waals surface area contributed by atoms with Gasteiger partial charge in [-0.25, -0.2) is 4.79 Å². The molecule has 0 aromatic heterocycles. The summed E-state index contributed by atoms with van der Waals surface area (Å²) in [5.74, 6) is 2.49. The first-order chi connectivity index (χ1) is 13.4. The SMILES string of the molecule is Cc1ccc(OCC(=O)OCC(=O)NCC23CC4CC(CC(C4)C2)C3)cc1C. The fourth-order valence-corrected chi connectivity index (χ4v) is 5.98. The molecule has 0 atom stereocenters.